The zero-order valence-electron chi connectivity index (χ0n) is 15.9. The average molecular weight is 408 g/mol. The van der Waals surface area contributed by atoms with Crippen molar-refractivity contribution in [1.82, 2.24) is 19.4 Å². The van der Waals surface area contributed by atoms with Crippen LogP contribution in [-0.4, -0.2) is 38.0 Å². The van der Waals surface area contributed by atoms with E-state index in [2.05, 4.69) is 14.9 Å². The van der Waals surface area contributed by atoms with Crippen LogP contribution in [0.15, 0.2) is 30.9 Å². The Morgan fingerprint density at radius 2 is 1.90 bits per heavy atom. The van der Waals surface area contributed by atoms with Crippen LogP contribution in [0.25, 0.3) is 16.9 Å². The first-order valence-electron chi connectivity index (χ1n) is 10.3. The Kier molecular flexibility index (Phi) is 2.84. The molecule has 4 N–H and O–H groups in total. The molecular weight excluding hydrogens is 386 g/mol. The van der Waals surface area contributed by atoms with Gasteiger partial charge in [0.1, 0.15) is 17.2 Å². The zero-order valence-corrected chi connectivity index (χ0v) is 16.7. The van der Waals surface area contributed by atoms with Gasteiger partial charge in [-0.05, 0) is 48.5 Å². The summed E-state index contributed by atoms with van der Waals surface area (Å²) in [5.41, 5.74) is 15.0. The highest BCUT2D eigenvalue weighted by atomic mass is 35.5. The first kappa shape index (κ1) is 16.4. The number of nitrogen functional groups attached to an aromatic ring is 1. The molecule has 5 aliphatic rings. The molecule has 3 aromatic heterocycles. The summed E-state index contributed by atoms with van der Waals surface area (Å²) in [7, 11) is 0. The minimum absolute atomic E-state index is 0.172. The lowest BCUT2D eigenvalue weighted by atomic mass is 9.72. The Labute approximate surface area is 173 Å². The van der Waals surface area contributed by atoms with Gasteiger partial charge in [0.25, 0.3) is 0 Å². The molecule has 8 rings (SSSR count). The molecule has 1 spiro atoms. The number of nitrogens with zero attached hydrogens (tertiary/aromatic N) is 5. The highest BCUT2D eigenvalue weighted by molar-refractivity contribution is 6.35. The Morgan fingerprint density at radius 3 is 2.62 bits per heavy atom. The van der Waals surface area contributed by atoms with Gasteiger partial charge in [0.05, 0.1) is 11.2 Å². The first-order valence-corrected chi connectivity index (χ1v) is 10.7. The topological polar surface area (TPSA) is 98.4 Å². The van der Waals surface area contributed by atoms with Crippen molar-refractivity contribution in [3.8, 4) is 11.4 Å². The van der Waals surface area contributed by atoms with Crippen molar-refractivity contribution in [2.45, 2.75) is 24.8 Å². The lowest BCUT2D eigenvalue weighted by molar-refractivity contribution is 0.177. The average Bonchev–Trinajstić information content (AvgIpc) is 3.48. The van der Waals surface area contributed by atoms with Gasteiger partial charge in [-0.2, -0.15) is 0 Å². The third-order valence-corrected chi connectivity index (χ3v) is 8.72. The summed E-state index contributed by atoms with van der Waals surface area (Å²) >= 11 is 6.40. The van der Waals surface area contributed by atoms with Crippen molar-refractivity contribution in [3.05, 3.63) is 35.9 Å². The van der Waals surface area contributed by atoms with E-state index in [1.54, 1.807) is 6.20 Å². The molecule has 3 aromatic rings. The summed E-state index contributed by atoms with van der Waals surface area (Å²) in [6.45, 7) is 2.00. The van der Waals surface area contributed by atoms with Gasteiger partial charge in [-0.3, -0.25) is 4.40 Å². The summed E-state index contributed by atoms with van der Waals surface area (Å²) in [5, 5.41) is 0.425. The summed E-state index contributed by atoms with van der Waals surface area (Å²) in [6.07, 6.45) is 11.0. The van der Waals surface area contributed by atoms with Crippen LogP contribution < -0.4 is 16.4 Å². The predicted octanol–water partition coefficient (Wildman–Crippen LogP) is 2.59. The van der Waals surface area contributed by atoms with Crippen LogP contribution in [0.3, 0.4) is 0 Å². The first-order chi connectivity index (χ1) is 14.1. The Balaban J connectivity index is 1.23. The van der Waals surface area contributed by atoms with Gasteiger partial charge >= 0.3 is 0 Å². The highest BCUT2D eigenvalue weighted by Gasteiger charge is 2.92. The third-order valence-electron chi connectivity index (χ3n) is 8.32. The quantitative estimate of drug-likeness (QED) is 0.677. The molecule has 0 aromatic carbocycles. The molecule has 0 amide bonds. The van der Waals surface area contributed by atoms with Crippen LogP contribution in [-0.2, 0) is 0 Å². The summed E-state index contributed by atoms with van der Waals surface area (Å²) in [6, 6.07) is 1.84. The molecule has 7 nitrogen and oxygen atoms in total. The van der Waals surface area contributed by atoms with E-state index in [-0.39, 0.29) is 5.54 Å². The largest absolute Gasteiger partial charge is 0.382 e. The Bertz CT molecular complexity index is 1170. The molecule has 1 aliphatic heterocycles. The number of nitrogens with two attached hydrogens (primary N) is 2. The van der Waals surface area contributed by atoms with E-state index < -0.39 is 0 Å². The number of fused-ring (bicyclic) bond motifs is 1. The SMILES string of the molecule is Nc1nccc(-c2ncc3c(N4CCC5(CC4)CC4C6C4C65N)nccn23)c1Cl. The molecule has 2 unspecified atom stereocenters. The van der Waals surface area contributed by atoms with Gasteiger partial charge in [-0.15, -0.1) is 0 Å². The number of aromatic nitrogens is 4. The summed E-state index contributed by atoms with van der Waals surface area (Å²) in [4.78, 5) is 15.8. The van der Waals surface area contributed by atoms with E-state index in [0.29, 0.717) is 16.3 Å². The number of rotatable bonds is 2. The Hall–Kier alpha value is -2.38. The molecule has 148 valence electrons. The second kappa shape index (κ2) is 5.02. The lowest BCUT2D eigenvalue weighted by Gasteiger charge is -2.43. The molecule has 4 heterocycles. The van der Waals surface area contributed by atoms with Crippen LogP contribution >= 0.6 is 11.6 Å². The number of hydrogen-bond donors (Lipinski definition) is 2. The van der Waals surface area contributed by atoms with Crippen LogP contribution in [0.4, 0.5) is 11.6 Å². The van der Waals surface area contributed by atoms with Crippen LogP contribution in [0.2, 0.25) is 5.02 Å². The van der Waals surface area contributed by atoms with Crippen molar-refractivity contribution >= 4 is 28.8 Å². The molecule has 2 bridgehead atoms. The molecule has 4 aliphatic carbocycles. The lowest BCUT2D eigenvalue weighted by Crippen LogP contribution is -2.51. The van der Waals surface area contributed by atoms with E-state index in [1.165, 1.54) is 19.3 Å². The van der Waals surface area contributed by atoms with E-state index >= 15 is 0 Å². The van der Waals surface area contributed by atoms with Crippen molar-refractivity contribution in [2.75, 3.05) is 23.7 Å². The second-order valence-electron chi connectivity index (χ2n) is 9.27. The standard InChI is InChI=1S/C21H22ClN7/c22-16-11(1-4-25-17(16)23)18-27-10-13-19(26-5-8-29(13)18)28-6-2-20(3-7-28)9-12-14-15(12)21(14,20)24/h1,4-5,8,10,12,14-15H,2-3,6-7,9,24H2,(H2,23,25). The van der Waals surface area contributed by atoms with Gasteiger partial charge in [-0.1, -0.05) is 11.6 Å². The predicted molar refractivity (Wildman–Crippen MR) is 112 cm³/mol. The Morgan fingerprint density at radius 1 is 1.10 bits per heavy atom. The minimum atomic E-state index is 0.172. The van der Waals surface area contributed by atoms with Crippen molar-refractivity contribution in [3.63, 3.8) is 0 Å². The molecule has 5 fully saturated rings. The fraction of sp³-hybridized carbons (Fsp3) is 0.476. The number of piperidine rings is 1. The monoisotopic (exact) mass is 407 g/mol. The van der Waals surface area contributed by atoms with E-state index in [0.717, 1.165) is 53.6 Å². The minimum Gasteiger partial charge on any atom is -0.382 e. The van der Waals surface area contributed by atoms with E-state index in [9.17, 15) is 0 Å². The van der Waals surface area contributed by atoms with Gasteiger partial charge in [-0.25, -0.2) is 15.0 Å². The summed E-state index contributed by atoms with van der Waals surface area (Å²) in [5.74, 6) is 4.68. The van der Waals surface area contributed by atoms with Gasteiger partial charge in [0.15, 0.2) is 5.82 Å². The number of imidazole rings is 1. The second-order valence-corrected chi connectivity index (χ2v) is 9.64. The number of pyridine rings is 1. The molecule has 29 heavy (non-hydrogen) atoms. The molecule has 2 atom stereocenters. The molecule has 0 radical (unpaired) electrons. The fourth-order valence-electron chi connectivity index (χ4n) is 6.79. The van der Waals surface area contributed by atoms with E-state index in [1.807, 2.05) is 29.1 Å². The maximum absolute atomic E-state index is 6.78. The molecular formula is C21H22ClN7. The smallest absolute Gasteiger partial charge is 0.154 e. The van der Waals surface area contributed by atoms with Gasteiger partial charge < -0.3 is 16.4 Å². The molecule has 4 saturated carbocycles. The number of halogens is 1. The van der Waals surface area contributed by atoms with Gasteiger partial charge in [0, 0.05) is 42.8 Å². The zero-order chi connectivity index (χ0) is 19.5. The normalized spacial score (nSPS) is 33.3. The summed E-state index contributed by atoms with van der Waals surface area (Å²) < 4.78 is 2.04. The third kappa shape index (κ3) is 1.82. The number of anilines is 2. The van der Waals surface area contributed by atoms with Gasteiger partial charge in [0.2, 0.25) is 0 Å². The fourth-order valence-corrected chi connectivity index (χ4v) is 6.99. The van der Waals surface area contributed by atoms with Crippen molar-refractivity contribution < 1.29 is 0 Å². The van der Waals surface area contributed by atoms with Crippen LogP contribution in [0, 0.1) is 23.2 Å². The highest BCUT2D eigenvalue weighted by Crippen LogP contribution is 2.89. The molecule has 8 heteroatoms. The number of hydrogen-bond acceptors (Lipinski definition) is 6. The van der Waals surface area contributed by atoms with Crippen molar-refractivity contribution in [1.29, 1.82) is 0 Å². The maximum atomic E-state index is 6.78. The van der Waals surface area contributed by atoms with Crippen molar-refractivity contribution in [2.24, 2.45) is 28.9 Å². The van der Waals surface area contributed by atoms with Crippen LogP contribution in [0.1, 0.15) is 19.3 Å². The van der Waals surface area contributed by atoms with Crippen LogP contribution in [0.5, 0.6) is 0 Å². The van der Waals surface area contributed by atoms with E-state index in [4.69, 9.17) is 28.1 Å². The maximum Gasteiger partial charge on any atom is 0.154 e. The molecule has 1 saturated heterocycles.